The second-order valence-electron chi connectivity index (χ2n) is 9.51. The van der Waals surface area contributed by atoms with Crippen molar-refractivity contribution in [2.24, 2.45) is 0 Å². The number of sulfonamides is 1. The van der Waals surface area contributed by atoms with Crippen molar-refractivity contribution in [1.29, 1.82) is 0 Å². The predicted molar refractivity (Wildman–Crippen MR) is 146 cm³/mol. The Labute approximate surface area is 229 Å². The highest BCUT2D eigenvalue weighted by Crippen LogP contribution is 2.33. The highest BCUT2D eigenvalue weighted by Gasteiger charge is 2.30. The van der Waals surface area contributed by atoms with Gasteiger partial charge in [0.2, 0.25) is 22.7 Å². The number of nitrogens with zero attached hydrogens (tertiary/aromatic N) is 3. The molecule has 0 N–H and O–H groups in total. The van der Waals surface area contributed by atoms with Crippen LogP contribution in [0.5, 0.6) is 17.2 Å². The highest BCUT2D eigenvalue weighted by molar-refractivity contribution is 7.89. The van der Waals surface area contributed by atoms with Crippen molar-refractivity contribution >= 4 is 15.9 Å². The Kier molecular flexibility index (Phi) is 8.35. The number of ether oxygens (including phenoxy) is 3. The predicted octanol–water partition coefficient (Wildman–Crippen LogP) is 3.35. The molecule has 2 aliphatic rings. The lowest BCUT2D eigenvalue weighted by atomic mass is 10.1. The molecule has 0 spiro atoms. The molecule has 3 aromatic rings. The maximum atomic E-state index is 13.6. The average Bonchev–Trinajstić information content (AvgIpc) is 3.42. The van der Waals surface area contributed by atoms with Gasteiger partial charge in [0.15, 0.2) is 11.5 Å². The third kappa shape index (κ3) is 6.52. The van der Waals surface area contributed by atoms with E-state index in [1.54, 1.807) is 17.0 Å². The lowest BCUT2D eigenvalue weighted by Crippen LogP contribution is -2.51. The molecule has 0 radical (unpaired) electrons. The highest BCUT2D eigenvalue weighted by atomic mass is 32.2. The van der Waals surface area contributed by atoms with Gasteiger partial charge in [0.25, 0.3) is 0 Å². The van der Waals surface area contributed by atoms with E-state index in [0.29, 0.717) is 38.5 Å². The summed E-state index contributed by atoms with van der Waals surface area (Å²) in [6.07, 6.45) is 0. The topological polar surface area (TPSA) is 88.6 Å². The van der Waals surface area contributed by atoms with Crippen molar-refractivity contribution in [2.45, 2.75) is 24.9 Å². The molecule has 5 rings (SSSR count). The molecular formula is C29H33N3O6S. The molecule has 1 saturated heterocycles. The van der Waals surface area contributed by atoms with Crippen LogP contribution in [0.15, 0.2) is 77.7 Å². The van der Waals surface area contributed by atoms with Crippen LogP contribution in [-0.4, -0.2) is 74.6 Å². The maximum absolute atomic E-state index is 13.6. The summed E-state index contributed by atoms with van der Waals surface area (Å²) in [6, 6.07) is 21.6. The second kappa shape index (κ2) is 12.1. The van der Waals surface area contributed by atoms with E-state index in [2.05, 4.69) is 4.90 Å². The van der Waals surface area contributed by atoms with Crippen LogP contribution in [0.2, 0.25) is 0 Å². The van der Waals surface area contributed by atoms with E-state index in [4.69, 9.17) is 14.2 Å². The number of rotatable bonds is 10. The normalized spacial score (nSPS) is 15.5. The van der Waals surface area contributed by atoms with E-state index in [1.807, 2.05) is 55.5 Å². The van der Waals surface area contributed by atoms with Gasteiger partial charge in [-0.15, -0.1) is 0 Å². The number of carbonyl (C=O) groups is 1. The SMILES string of the molecule is CCOc1ccc(S(=O)(=O)N(CC(=O)N2CCN(Cc3ccc4c(c3)OCO4)CC2)Cc2ccccc2)cc1. The quantitative estimate of drug-likeness (QED) is 0.382. The third-order valence-electron chi connectivity index (χ3n) is 6.85. The summed E-state index contributed by atoms with van der Waals surface area (Å²) in [7, 11) is -3.92. The molecule has 206 valence electrons. The van der Waals surface area contributed by atoms with Crippen molar-refractivity contribution in [3.63, 3.8) is 0 Å². The third-order valence-corrected chi connectivity index (χ3v) is 8.66. The first-order valence-electron chi connectivity index (χ1n) is 13.1. The fourth-order valence-electron chi connectivity index (χ4n) is 4.74. The van der Waals surface area contributed by atoms with E-state index in [-0.39, 0.29) is 30.7 Å². The van der Waals surface area contributed by atoms with E-state index in [0.717, 1.165) is 29.2 Å². The van der Waals surface area contributed by atoms with Crippen molar-refractivity contribution in [2.75, 3.05) is 46.1 Å². The molecule has 0 aromatic heterocycles. The molecule has 9 nitrogen and oxygen atoms in total. The average molecular weight is 552 g/mol. The molecule has 0 atom stereocenters. The van der Waals surface area contributed by atoms with E-state index >= 15 is 0 Å². The number of carbonyl (C=O) groups excluding carboxylic acids is 1. The molecule has 3 aromatic carbocycles. The van der Waals surface area contributed by atoms with Crippen LogP contribution in [0.25, 0.3) is 0 Å². The Hall–Kier alpha value is -3.60. The molecule has 1 fully saturated rings. The summed E-state index contributed by atoms with van der Waals surface area (Å²) in [5.74, 6) is 1.91. The van der Waals surface area contributed by atoms with Crippen LogP contribution in [-0.2, 0) is 27.9 Å². The maximum Gasteiger partial charge on any atom is 0.243 e. The summed E-state index contributed by atoms with van der Waals surface area (Å²) in [6.45, 7) is 5.69. The van der Waals surface area contributed by atoms with Crippen LogP contribution in [0.3, 0.4) is 0 Å². The number of benzene rings is 3. The van der Waals surface area contributed by atoms with E-state index in [9.17, 15) is 13.2 Å². The van der Waals surface area contributed by atoms with E-state index < -0.39 is 10.0 Å². The van der Waals surface area contributed by atoms with Gasteiger partial charge >= 0.3 is 0 Å². The molecule has 1 amide bonds. The Bertz CT molecular complexity index is 1370. The summed E-state index contributed by atoms with van der Waals surface area (Å²) >= 11 is 0. The van der Waals surface area contributed by atoms with Gasteiger partial charge in [-0.3, -0.25) is 9.69 Å². The minimum atomic E-state index is -3.92. The van der Waals surface area contributed by atoms with Crippen LogP contribution in [0.4, 0.5) is 0 Å². The number of fused-ring (bicyclic) bond motifs is 1. The molecule has 0 aliphatic carbocycles. The van der Waals surface area contributed by atoms with Crippen molar-refractivity contribution in [3.8, 4) is 17.2 Å². The number of hydrogen-bond donors (Lipinski definition) is 0. The van der Waals surface area contributed by atoms with Gasteiger partial charge in [-0.1, -0.05) is 36.4 Å². The number of hydrogen-bond acceptors (Lipinski definition) is 7. The van der Waals surface area contributed by atoms with Gasteiger partial charge in [0, 0.05) is 39.3 Å². The lowest BCUT2D eigenvalue weighted by Gasteiger charge is -2.35. The summed E-state index contributed by atoms with van der Waals surface area (Å²) in [5, 5.41) is 0. The Morgan fingerprint density at radius 3 is 2.33 bits per heavy atom. The molecule has 10 heteroatoms. The summed E-state index contributed by atoms with van der Waals surface area (Å²) in [4.78, 5) is 17.5. The van der Waals surface area contributed by atoms with Gasteiger partial charge in [0.05, 0.1) is 18.0 Å². The number of piperazine rings is 1. The van der Waals surface area contributed by atoms with Crippen molar-refractivity contribution < 1.29 is 27.4 Å². The zero-order valence-electron chi connectivity index (χ0n) is 22.0. The largest absolute Gasteiger partial charge is 0.494 e. The Morgan fingerprint density at radius 1 is 0.897 bits per heavy atom. The smallest absolute Gasteiger partial charge is 0.243 e. The first-order valence-corrected chi connectivity index (χ1v) is 14.5. The Balaban J connectivity index is 1.24. The fraction of sp³-hybridized carbons (Fsp3) is 0.345. The molecule has 0 saturated carbocycles. The zero-order chi connectivity index (χ0) is 27.2. The lowest BCUT2D eigenvalue weighted by molar-refractivity contribution is -0.133. The monoisotopic (exact) mass is 551 g/mol. The van der Waals surface area contributed by atoms with Gasteiger partial charge in [-0.2, -0.15) is 4.31 Å². The summed E-state index contributed by atoms with van der Waals surface area (Å²) < 4.78 is 44.9. The van der Waals surface area contributed by atoms with Gasteiger partial charge in [-0.25, -0.2) is 8.42 Å². The van der Waals surface area contributed by atoms with Crippen molar-refractivity contribution in [3.05, 3.63) is 83.9 Å². The second-order valence-corrected chi connectivity index (χ2v) is 11.4. The van der Waals surface area contributed by atoms with Crippen LogP contribution >= 0.6 is 0 Å². The standard InChI is InChI=1S/C29H33N3O6S/c1-2-36-25-9-11-26(12-10-25)39(34,35)32(20-23-6-4-3-5-7-23)21-29(33)31-16-14-30(15-17-31)19-24-8-13-27-28(18-24)38-22-37-27/h3-13,18H,2,14-17,19-22H2,1H3. The first kappa shape index (κ1) is 27.0. The minimum absolute atomic E-state index is 0.103. The van der Waals surface area contributed by atoms with Gasteiger partial charge in [0.1, 0.15) is 5.75 Å². The zero-order valence-corrected chi connectivity index (χ0v) is 22.8. The molecule has 0 unspecified atom stereocenters. The minimum Gasteiger partial charge on any atom is -0.494 e. The van der Waals surface area contributed by atoms with E-state index in [1.165, 1.54) is 16.4 Å². The molecule has 39 heavy (non-hydrogen) atoms. The molecule has 2 aliphatic heterocycles. The summed E-state index contributed by atoms with van der Waals surface area (Å²) in [5.41, 5.74) is 1.93. The van der Waals surface area contributed by atoms with Crippen LogP contribution < -0.4 is 14.2 Å². The van der Waals surface area contributed by atoms with Crippen molar-refractivity contribution in [1.82, 2.24) is 14.1 Å². The number of amides is 1. The first-order chi connectivity index (χ1) is 18.9. The fourth-order valence-corrected chi connectivity index (χ4v) is 6.12. The van der Waals surface area contributed by atoms with Crippen LogP contribution in [0.1, 0.15) is 18.1 Å². The van der Waals surface area contributed by atoms with Gasteiger partial charge in [-0.05, 0) is 54.4 Å². The molecule has 0 bridgehead atoms. The Morgan fingerprint density at radius 2 is 1.62 bits per heavy atom. The molecular weight excluding hydrogens is 518 g/mol. The molecule has 2 heterocycles. The van der Waals surface area contributed by atoms with Crippen LogP contribution in [0, 0.1) is 0 Å². The van der Waals surface area contributed by atoms with Gasteiger partial charge < -0.3 is 19.1 Å².